The Bertz CT molecular complexity index is 584. The third kappa shape index (κ3) is 1.89. The third-order valence-corrected chi connectivity index (χ3v) is 9.90. The number of rotatable bonds is 6. The lowest BCUT2D eigenvalue weighted by Crippen LogP contribution is -2.72. The van der Waals surface area contributed by atoms with E-state index >= 15 is 0 Å². The van der Waals surface area contributed by atoms with E-state index in [1.54, 1.807) is 14.2 Å². The first kappa shape index (κ1) is 20.1. The highest BCUT2D eigenvalue weighted by atomic mass is 32.2. The molecule has 2 aliphatic carbocycles. The Morgan fingerprint density at radius 1 is 1.08 bits per heavy atom. The van der Waals surface area contributed by atoms with E-state index in [-0.39, 0.29) is 17.3 Å². The second-order valence-electron chi connectivity index (χ2n) is 8.88. The Morgan fingerprint density at radius 2 is 1.54 bits per heavy atom. The average Bonchev–Trinajstić information content (AvgIpc) is 2.79. The molecule has 0 aliphatic heterocycles. The maximum Gasteiger partial charge on any atom is 0.216 e. The molecule has 2 unspecified atom stereocenters. The Morgan fingerprint density at radius 3 is 1.83 bits per heavy atom. The summed E-state index contributed by atoms with van der Waals surface area (Å²) in [6, 6.07) is 0. The summed E-state index contributed by atoms with van der Waals surface area (Å²) in [5.41, 5.74) is -0.947. The zero-order chi connectivity index (χ0) is 18.8. The van der Waals surface area contributed by atoms with Crippen LogP contribution in [0.1, 0.15) is 60.8 Å². The van der Waals surface area contributed by atoms with Gasteiger partial charge in [-0.05, 0) is 36.0 Å². The fraction of sp³-hybridized carbons (Fsp3) is 1.00. The van der Waals surface area contributed by atoms with E-state index in [0.29, 0.717) is 12.3 Å². The Balaban J connectivity index is 2.98. The van der Waals surface area contributed by atoms with Crippen LogP contribution in [0.4, 0.5) is 0 Å². The normalized spacial score (nSPS) is 32.0. The van der Waals surface area contributed by atoms with Crippen molar-refractivity contribution >= 4 is 10.0 Å². The summed E-state index contributed by atoms with van der Waals surface area (Å²) in [5.74, 6) is -0.891. The highest BCUT2D eigenvalue weighted by molar-refractivity contribution is 7.90. The van der Waals surface area contributed by atoms with Gasteiger partial charge in [-0.15, -0.1) is 0 Å². The van der Waals surface area contributed by atoms with Crippen molar-refractivity contribution in [3.63, 3.8) is 0 Å². The molecule has 0 saturated heterocycles. The van der Waals surface area contributed by atoms with E-state index < -0.39 is 26.0 Å². The zero-order valence-corrected chi connectivity index (χ0v) is 17.3. The fourth-order valence-corrected chi connectivity index (χ4v) is 9.43. The van der Waals surface area contributed by atoms with Crippen molar-refractivity contribution in [1.29, 1.82) is 0 Å². The lowest BCUT2D eigenvalue weighted by Gasteiger charge is -2.61. The SMILES string of the molecule is COC1(OC)CC2CCC1(C(C(C)C)(C(C)C)S(N)(=O)=O)C2(C)C. The second kappa shape index (κ2) is 5.66. The van der Waals surface area contributed by atoms with Crippen LogP contribution in [0.3, 0.4) is 0 Å². The van der Waals surface area contributed by atoms with Gasteiger partial charge in [0.2, 0.25) is 10.0 Å². The minimum Gasteiger partial charge on any atom is -0.353 e. The molecule has 0 heterocycles. The van der Waals surface area contributed by atoms with E-state index in [4.69, 9.17) is 14.6 Å². The quantitative estimate of drug-likeness (QED) is 0.737. The van der Waals surface area contributed by atoms with Crippen molar-refractivity contribution < 1.29 is 17.9 Å². The molecular weight excluding hydrogens is 326 g/mol. The standard InChI is InChI=1S/C18H35NO4S/c1-12(2)18(13(3)4,24(19,20)21)16-10-9-14(15(16,5)6)11-17(16,22-7)23-8/h12-14H,9-11H2,1-8H3,(H2,19,20,21). The van der Waals surface area contributed by atoms with Crippen LogP contribution >= 0.6 is 0 Å². The number of methoxy groups -OCH3 is 2. The zero-order valence-electron chi connectivity index (χ0n) is 16.5. The Labute approximate surface area is 147 Å². The highest BCUT2D eigenvalue weighted by Crippen LogP contribution is 2.77. The molecular formula is C18H35NO4S. The van der Waals surface area contributed by atoms with Crippen molar-refractivity contribution in [2.45, 2.75) is 71.3 Å². The van der Waals surface area contributed by atoms with Crippen molar-refractivity contribution in [2.75, 3.05) is 14.2 Å². The minimum absolute atomic E-state index is 0.159. The molecule has 0 spiro atoms. The van der Waals surface area contributed by atoms with Crippen LogP contribution < -0.4 is 5.14 Å². The first-order valence-corrected chi connectivity index (χ1v) is 10.5. The Kier molecular flexibility index (Phi) is 4.75. The van der Waals surface area contributed by atoms with Crippen LogP contribution in [-0.4, -0.2) is 33.2 Å². The number of fused-ring (bicyclic) bond motifs is 2. The molecule has 2 saturated carbocycles. The average molecular weight is 362 g/mol. The molecule has 2 atom stereocenters. The predicted molar refractivity (Wildman–Crippen MR) is 95.8 cm³/mol. The molecule has 0 amide bonds. The fourth-order valence-electron chi connectivity index (χ4n) is 7.11. The largest absolute Gasteiger partial charge is 0.353 e. The van der Waals surface area contributed by atoms with E-state index in [0.717, 1.165) is 12.8 Å². The second-order valence-corrected chi connectivity index (χ2v) is 10.6. The van der Waals surface area contributed by atoms with Crippen LogP contribution in [-0.2, 0) is 19.5 Å². The van der Waals surface area contributed by atoms with Crippen molar-refractivity contribution in [2.24, 2.45) is 33.7 Å². The Hall–Kier alpha value is -0.170. The van der Waals surface area contributed by atoms with Gasteiger partial charge in [0.25, 0.3) is 0 Å². The number of hydrogen-bond acceptors (Lipinski definition) is 4. The highest BCUT2D eigenvalue weighted by Gasteiger charge is 2.82. The van der Waals surface area contributed by atoms with Crippen LogP contribution in [0.15, 0.2) is 0 Å². The molecule has 0 aromatic rings. The lowest BCUT2D eigenvalue weighted by molar-refractivity contribution is -0.297. The van der Waals surface area contributed by atoms with Gasteiger partial charge < -0.3 is 9.47 Å². The van der Waals surface area contributed by atoms with E-state index in [9.17, 15) is 8.42 Å². The molecule has 142 valence electrons. The van der Waals surface area contributed by atoms with E-state index in [1.807, 2.05) is 27.7 Å². The third-order valence-electron chi connectivity index (χ3n) is 7.67. The maximum atomic E-state index is 13.2. The smallest absolute Gasteiger partial charge is 0.216 e. The maximum absolute atomic E-state index is 13.2. The van der Waals surface area contributed by atoms with Crippen LogP contribution in [0.5, 0.6) is 0 Å². The van der Waals surface area contributed by atoms with Crippen molar-refractivity contribution in [3.8, 4) is 0 Å². The van der Waals surface area contributed by atoms with Gasteiger partial charge in [-0.1, -0.05) is 41.5 Å². The van der Waals surface area contributed by atoms with Gasteiger partial charge in [0.1, 0.15) is 4.75 Å². The van der Waals surface area contributed by atoms with Crippen molar-refractivity contribution in [1.82, 2.24) is 0 Å². The number of hydrogen-bond donors (Lipinski definition) is 1. The molecule has 2 aliphatic rings. The molecule has 0 radical (unpaired) electrons. The van der Waals surface area contributed by atoms with Gasteiger partial charge in [-0.2, -0.15) is 0 Å². The summed E-state index contributed by atoms with van der Waals surface area (Å²) in [6.45, 7) is 12.2. The summed E-state index contributed by atoms with van der Waals surface area (Å²) in [4.78, 5) is 0. The van der Waals surface area contributed by atoms with Gasteiger partial charge in [0, 0.05) is 20.6 Å². The van der Waals surface area contributed by atoms with Crippen LogP contribution in [0.2, 0.25) is 0 Å². The van der Waals surface area contributed by atoms with Crippen LogP contribution in [0.25, 0.3) is 0 Å². The molecule has 2 fully saturated rings. The molecule has 0 aromatic carbocycles. The summed E-state index contributed by atoms with van der Waals surface area (Å²) in [7, 11) is -0.604. The summed E-state index contributed by atoms with van der Waals surface area (Å²) >= 11 is 0. The minimum atomic E-state index is -3.87. The molecule has 24 heavy (non-hydrogen) atoms. The molecule has 0 aromatic heterocycles. The summed E-state index contributed by atoms with van der Waals surface area (Å²) < 4.78 is 37.2. The number of ether oxygens (including phenoxy) is 2. The topological polar surface area (TPSA) is 78.6 Å². The van der Waals surface area contributed by atoms with Gasteiger partial charge in [-0.3, -0.25) is 0 Å². The van der Waals surface area contributed by atoms with Crippen LogP contribution in [0, 0.1) is 28.6 Å². The molecule has 2 bridgehead atoms. The van der Waals surface area contributed by atoms with E-state index in [2.05, 4.69) is 13.8 Å². The predicted octanol–water partition coefficient (Wildman–Crippen LogP) is 3.14. The first-order valence-electron chi connectivity index (χ1n) is 8.95. The number of nitrogens with two attached hydrogens (primary N) is 1. The van der Waals surface area contributed by atoms with E-state index in [1.165, 1.54) is 0 Å². The first-order chi connectivity index (χ1) is 10.8. The molecule has 2 N–H and O–H groups in total. The van der Waals surface area contributed by atoms with Gasteiger partial charge in [0.05, 0.1) is 5.41 Å². The van der Waals surface area contributed by atoms with Gasteiger partial charge >= 0.3 is 0 Å². The van der Waals surface area contributed by atoms with Gasteiger partial charge in [0.15, 0.2) is 5.79 Å². The molecule has 6 heteroatoms. The summed E-state index contributed by atoms with van der Waals surface area (Å²) in [5, 5.41) is 5.99. The molecule has 2 rings (SSSR count). The lowest BCUT2D eigenvalue weighted by atomic mass is 9.53. The monoisotopic (exact) mass is 361 g/mol. The number of sulfonamides is 1. The number of primary sulfonamides is 1. The van der Waals surface area contributed by atoms with Crippen molar-refractivity contribution in [3.05, 3.63) is 0 Å². The molecule has 5 nitrogen and oxygen atoms in total. The van der Waals surface area contributed by atoms with Gasteiger partial charge in [-0.25, -0.2) is 13.6 Å². The summed E-state index contributed by atoms with van der Waals surface area (Å²) in [6.07, 6.45) is 2.45.